The molecule has 0 N–H and O–H groups in total. The first kappa shape index (κ1) is 11.6. The molecule has 0 saturated heterocycles. The highest BCUT2D eigenvalue weighted by atomic mass is 35.5. The smallest absolute Gasteiger partial charge is 0.224 e. The molecule has 0 aliphatic heterocycles. The zero-order chi connectivity index (χ0) is 11.3. The highest BCUT2D eigenvalue weighted by Crippen LogP contribution is 2.19. The number of benzene rings is 1. The largest absolute Gasteiger partial charge is 0.301 e. The third-order valence-corrected chi connectivity index (χ3v) is 2.15. The van der Waals surface area contributed by atoms with Gasteiger partial charge in [-0.2, -0.15) is 0 Å². The van der Waals surface area contributed by atoms with E-state index in [1.807, 2.05) is 12.1 Å². The summed E-state index contributed by atoms with van der Waals surface area (Å²) >= 11 is 5.85. The van der Waals surface area contributed by atoms with Crippen molar-refractivity contribution in [3.8, 4) is 11.8 Å². The lowest BCUT2D eigenvalue weighted by Crippen LogP contribution is -2.28. The van der Waals surface area contributed by atoms with Crippen LogP contribution in [0.4, 0.5) is 5.69 Å². The predicted octanol–water partition coefficient (Wildman–Crippen LogP) is 2.72. The Morgan fingerprint density at radius 2 is 2.27 bits per heavy atom. The van der Waals surface area contributed by atoms with E-state index in [1.165, 1.54) is 6.92 Å². The van der Waals surface area contributed by atoms with Gasteiger partial charge >= 0.3 is 0 Å². The Morgan fingerprint density at radius 1 is 1.53 bits per heavy atom. The molecule has 0 aliphatic carbocycles. The second-order valence-electron chi connectivity index (χ2n) is 3.01. The van der Waals surface area contributed by atoms with Crippen molar-refractivity contribution in [2.24, 2.45) is 0 Å². The summed E-state index contributed by atoms with van der Waals surface area (Å²) in [5.41, 5.74) is 0.776. The van der Waals surface area contributed by atoms with Gasteiger partial charge < -0.3 is 4.90 Å². The number of carbonyl (C=O) groups is 1. The van der Waals surface area contributed by atoms with Gasteiger partial charge in [0, 0.05) is 17.6 Å². The van der Waals surface area contributed by atoms with Crippen molar-refractivity contribution in [3.63, 3.8) is 0 Å². The summed E-state index contributed by atoms with van der Waals surface area (Å²) in [5, 5.41) is 0.614. The molecule has 0 unspecified atom stereocenters. The predicted molar refractivity (Wildman–Crippen MR) is 62.9 cm³/mol. The molecule has 0 radical (unpaired) electrons. The quantitative estimate of drug-likeness (QED) is 0.704. The molecule has 0 aliphatic rings. The maximum atomic E-state index is 11.4. The molecule has 1 aromatic carbocycles. The minimum Gasteiger partial charge on any atom is -0.301 e. The number of nitrogens with zero attached hydrogens (tertiary/aromatic N) is 1. The fourth-order valence-electron chi connectivity index (χ4n) is 1.19. The van der Waals surface area contributed by atoms with Gasteiger partial charge in [0.05, 0.1) is 6.54 Å². The first-order valence-electron chi connectivity index (χ1n) is 4.58. The Hall–Kier alpha value is -1.46. The van der Waals surface area contributed by atoms with E-state index in [-0.39, 0.29) is 5.91 Å². The Balaban J connectivity index is 2.97. The van der Waals surface area contributed by atoms with Crippen LogP contribution in [0.15, 0.2) is 24.3 Å². The van der Waals surface area contributed by atoms with Gasteiger partial charge in [0.2, 0.25) is 5.91 Å². The zero-order valence-electron chi connectivity index (χ0n) is 8.75. The Labute approximate surface area is 94.8 Å². The third kappa shape index (κ3) is 3.30. The van der Waals surface area contributed by atoms with Gasteiger partial charge in [0.15, 0.2) is 0 Å². The van der Waals surface area contributed by atoms with Crippen LogP contribution in [0.2, 0.25) is 5.02 Å². The van der Waals surface area contributed by atoms with E-state index in [0.717, 1.165) is 5.69 Å². The molecule has 1 amide bonds. The van der Waals surface area contributed by atoms with Crippen molar-refractivity contribution in [3.05, 3.63) is 29.3 Å². The number of carbonyl (C=O) groups excluding carboxylic acids is 1. The summed E-state index contributed by atoms with van der Waals surface area (Å²) in [6.45, 7) is 3.65. The minimum atomic E-state index is -0.0417. The molecule has 0 aromatic heterocycles. The molecule has 0 spiro atoms. The standard InChI is InChI=1S/C12H12ClNO/c1-3-4-8-14(10(2)15)12-7-5-6-11(13)9-12/h5-7,9H,8H2,1-2H3. The van der Waals surface area contributed by atoms with Gasteiger partial charge in [-0.15, -0.1) is 5.92 Å². The van der Waals surface area contributed by atoms with Gasteiger partial charge in [-0.05, 0) is 25.1 Å². The summed E-state index contributed by atoms with van der Waals surface area (Å²) < 4.78 is 0. The SMILES string of the molecule is CC#CCN(C(C)=O)c1cccc(Cl)c1. The van der Waals surface area contributed by atoms with E-state index in [4.69, 9.17) is 11.6 Å². The summed E-state index contributed by atoms with van der Waals surface area (Å²) in [6, 6.07) is 7.17. The molecule has 0 saturated carbocycles. The van der Waals surface area contributed by atoms with Crippen LogP contribution in [0, 0.1) is 11.8 Å². The minimum absolute atomic E-state index is 0.0417. The van der Waals surface area contributed by atoms with Crippen molar-refractivity contribution in [2.45, 2.75) is 13.8 Å². The normalized spacial score (nSPS) is 9.00. The van der Waals surface area contributed by atoms with Gasteiger partial charge in [0.25, 0.3) is 0 Å². The van der Waals surface area contributed by atoms with E-state index in [2.05, 4.69) is 11.8 Å². The molecule has 3 heteroatoms. The van der Waals surface area contributed by atoms with Gasteiger partial charge in [-0.25, -0.2) is 0 Å². The van der Waals surface area contributed by atoms with Gasteiger partial charge in [0.1, 0.15) is 0 Å². The van der Waals surface area contributed by atoms with Crippen molar-refractivity contribution < 1.29 is 4.79 Å². The first-order chi connectivity index (χ1) is 7.15. The molecule has 0 bridgehead atoms. The highest BCUT2D eigenvalue weighted by Gasteiger charge is 2.09. The summed E-state index contributed by atoms with van der Waals surface area (Å²) in [4.78, 5) is 13.0. The number of halogens is 1. The summed E-state index contributed by atoms with van der Waals surface area (Å²) in [5.74, 6) is 5.58. The summed E-state index contributed by atoms with van der Waals surface area (Å²) in [7, 11) is 0. The number of hydrogen-bond donors (Lipinski definition) is 0. The molecule has 2 nitrogen and oxygen atoms in total. The Bertz CT molecular complexity index is 417. The molecule has 0 atom stereocenters. The average Bonchev–Trinajstić information content (AvgIpc) is 2.18. The van der Waals surface area contributed by atoms with E-state index in [0.29, 0.717) is 11.6 Å². The second kappa shape index (κ2) is 5.43. The lowest BCUT2D eigenvalue weighted by molar-refractivity contribution is -0.116. The summed E-state index contributed by atoms with van der Waals surface area (Å²) in [6.07, 6.45) is 0. The topological polar surface area (TPSA) is 20.3 Å². The lowest BCUT2D eigenvalue weighted by Gasteiger charge is -2.18. The van der Waals surface area contributed by atoms with Crippen molar-refractivity contribution in [1.29, 1.82) is 0 Å². The number of anilines is 1. The van der Waals surface area contributed by atoms with Crippen LogP contribution >= 0.6 is 11.6 Å². The van der Waals surface area contributed by atoms with Crippen LogP contribution in [-0.4, -0.2) is 12.5 Å². The molecule has 15 heavy (non-hydrogen) atoms. The molecule has 0 heterocycles. The second-order valence-corrected chi connectivity index (χ2v) is 3.45. The van der Waals surface area contributed by atoms with Crippen LogP contribution in [0.1, 0.15) is 13.8 Å². The fraction of sp³-hybridized carbons (Fsp3) is 0.250. The number of amides is 1. The molecule has 1 aromatic rings. The molecule has 0 fully saturated rings. The molecule has 1 rings (SSSR count). The Morgan fingerprint density at radius 3 is 2.80 bits per heavy atom. The van der Waals surface area contributed by atoms with Crippen LogP contribution in [0.3, 0.4) is 0 Å². The van der Waals surface area contributed by atoms with Crippen LogP contribution < -0.4 is 4.90 Å². The van der Waals surface area contributed by atoms with E-state index in [9.17, 15) is 4.79 Å². The lowest BCUT2D eigenvalue weighted by atomic mass is 10.3. The number of hydrogen-bond acceptors (Lipinski definition) is 1. The van der Waals surface area contributed by atoms with Crippen molar-refractivity contribution in [1.82, 2.24) is 0 Å². The van der Waals surface area contributed by atoms with Gasteiger partial charge in [-0.3, -0.25) is 4.79 Å². The maximum absolute atomic E-state index is 11.4. The first-order valence-corrected chi connectivity index (χ1v) is 4.96. The molecule has 78 valence electrons. The third-order valence-electron chi connectivity index (χ3n) is 1.91. The van der Waals surface area contributed by atoms with Crippen LogP contribution in [-0.2, 0) is 4.79 Å². The van der Waals surface area contributed by atoms with Crippen molar-refractivity contribution in [2.75, 3.05) is 11.4 Å². The zero-order valence-corrected chi connectivity index (χ0v) is 9.51. The van der Waals surface area contributed by atoms with E-state index < -0.39 is 0 Å². The fourth-order valence-corrected chi connectivity index (χ4v) is 1.37. The van der Waals surface area contributed by atoms with Crippen LogP contribution in [0.5, 0.6) is 0 Å². The van der Waals surface area contributed by atoms with Crippen LogP contribution in [0.25, 0.3) is 0 Å². The molecular weight excluding hydrogens is 210 g/mol. The van der Waals surface area contributed by atoms with E-state index in [1.54, 1.807) is 24.0 Å². The average molecular weight is 222 g/mol. The molecular formula is C12H12ClNO. The Kier molecular flexibility index (Phi) is 4.20. The number of rotatable bonds is 2. The van der Waals surface area contributed by atoms with E-state index >= 15 is 0 Å². The van der Waals surface area contributed by atoms with Crippen molar-refractivity contribution >= 4 is 23.2 Å². The van der Waals surface area contributed by atoms with Gasteiger partial charge in [-0.1, -0.05) is 23.6 Å². The highest BCUT2D eigenvalue weighted by molar-refractivity contribution is 6.30. The maximum Gasteiger partial charge on any atom is 0.224 e. The monoisotopic (exact) mass is 221 g/mol.